The molecule has 2 aromatic heterocycles. The number of para-hydroxylation sites is 3. The molecular formula is C52H32N2O. The first-order chi connectivity index (χ1) is 27.3. The van der Waals surface area contributed by atoms with Crippen LogP contribution in [-0.2, 0) is 0 Å². The van der Waals surface area contributed by atoms with Gasteiger partial charge in [0.1, 0.15) is 11.5 Å². The molecule has 0 amide bonds. The Morgan fingerprint density at radius 1 is 0.309 bits per heavy atom. The van der Waals surface area contributed by atoms with Crippen molar-refractivity contribution in [2.75, 3.05) is 0 Å². The van der Waals surface area contributed by atoms with Crippen molar-refractivity contribution in [1.29, 1.82) is 0 Å². The minimum absolute atomic E-state index is 0.894. The lowest BCUT2D eigenvalue weighted by molar-refractivity contribution is 0.487. The highest BCUT2D eigenvalue weighted by atomic mass is 16.5. The molecule has 0 N–H and O–H groups in total. The lowest BCUT2D eigenvalue weighted by atomic mass is 9.92. The second-order valence-electron chi connectivity index (χ2n) is 14.5. The molecule has 3 heteroatoms. The Labute approximate surface area is 317 Å². The predicted molar refractivity (Wildman–Crippen MR) is 229 cm³/mol. The number of benzene rings is 9. The average molecular weight is 701 g/mol. The summed E-state index contributed by atoms with van der Waals surface area (Å²) >= 11 is 0. The van der Waals surface area contributed by atoms with Crippen LogP contribution in [0.15, 0.2) is 194 Å². The van der Waals surface area contributed by atoms with Crippen molar-refractivity contribution in [3.05, 3.63) is 194 Å². The quantitative estimate of drug-likeness (QED) is 0.179. The van der Waals surface area contributed by atoms with E-state index in [2.05, 4.69) is 203 Å². The number of hydrogen-bond acceptors (Lipinski definition) is 1. The molecule has 0 saturated carbocycles. The molecule has 55 heavy (non-hydrogen) atoms. The van der Waals surface area contributed by atoms with Gasteiger partial charge in [0.2, 0.25) is 0 Å². The maximum atomic E-state index is 6.45. The molecule has 1 aliphatic heterocycles. The fourth-order valence-corrected chi connectivity index (χ4v) is 8.99. The third-order valence-electron chi connectivity index (χ3n) is 11.5. The normalized spacial score (nSPS) is 12.1. The van der Waals surface area contributed by atoms with Gasteiger partial charge in [0.15, 0.2) is 0 Å². The van der Waals surface area contributed by atoms with E-state index >= 15 is 0 Å². The Morgan fingerprint density at radius 2 is 0.800 bits per heavy atom. The minimum atomic E-state index is 0.894. The molecule has 256 valence electrons. The van der Waals surface area contributed by atoms with E-state index in [0.29, 0.717) is 0 Å². The van der Waals surface area contributed by atoms with E-state index in [0.717, 1.165) is 28.3 Å². The average Bonchev–Trinajstić information content (AvgIpc) is 3.76. The zero-order chi connectivity index (χ0) is 36.0. The van der Waals surface area contributed by atoms with Crippen LogP contribution in [0.25, 0.3) is 99.1 Å². The zero-order valence-corrected chi connectivity index (χ0v) is 29.8. The van der Waals surface area contributed by atoms with Crippen molar-refractivity contribution in [2.45, 2.75) is 0 Å². The van der Waals surface area contributed by atoms with Gasteiger partial charge in [-0.15, -0.1) is 0 Å². The van der Waals surface area contributed by atoms with Crippen LogP contribution in [0, 0.1) is 0 Å². The summed E-state index contributed by atoms with van der Waals surface area (Å²) < 4.78 is 11.2. The second kappa shape index (κ2) is 11.6. The van der Waals surface area contributed by atoms with Crippen LogP contribution in [0.1, 0.15) is 0 Å². The number of aromatic nitrogens is 2. The highest BCUT2D eigenvalue weighted by Gasteiger charge is 2.21. The Balaban J connectivity index is 1.05. The van der Waals surface area contributed by atoms with Gasteiger partial charge in [0.25, 0.3) is 0 Å². The maximum absolute atomic E-state index is 6.45. The van der Waals surface area contributed by atoms with Crippen LogP contribution in [0.3, 0.4) is 0 Å². The Hall–Kier alpha value is -7.36. The number of ether oxygens (including phenoxy) is 1. The number of rotatable bonds is 4. The van der Waals surface area contributed by atoms with E-state index in [1.54, 1.807) is 0 Å². The van der Waals surface area contributed by atoms with E-state index in [1.807, 2.05) is 0 Å². The minimum Gasteiger partial charge on any atom is -0.456 e. The summed E-state index contributed by atoms with van der Waals surface area (Å²) in [7, 11) is 0. The molecule has 0 unspecified atom stereocenters. The first kappa shape index (κ1) is 30.1. The summed E-state index contributed by atoms with van der Waals surface area (Å²) in [5.41, 5.74) is 14.2. The SMILES string of the molecule is c1ccc(-n2c3ccccc3c3cc(-c4ccc5c(c4)c4cc(-c6ccc7c(c6)-c6cccc8cccc(c68)O7)ccc4n5-c4ccccc4)ccc32)cc1. The van der Waals surface area contributed by atoms with E-state index in [4.69, 9.17) is 4.74 Å². The molecule has 11 aromatic rings. The van der Waals surface area contributed by atoms with Crippen molar-refractivity contribution < 1.29 is 4.74 Å². The molecule has 1 aliphatic rings. The van der Waals surface area contributed by atoms with E-state index in [-0.39, 0.29) is 0 Å². The van der Waals surface area contributed by atoms with Crippen molar-refractivity contribution >= 4 is 54.4 Å². The lowest BCUT2D eigenvalue weighted by Gasteiger charge is -2.22. The van der Waals surface area contributed by atoms with Gasteiger partial charge >= 0.3 is 0 Å². The molecule has 12 rings (SSSR count). The largest absolute Gasteiger partial charge is 0.456 e. The summed E-state index contributed by atoms with van der Waals surface area (Å²) in [4.78, 5) is 0. The molecule has 3 heterocycles. The Kier molecular flexibility index (Phi) is 6.34. The van der Waals surface area contributed by atoms with Crippen LogP contribution >= 0.6 is 0 Å². The smallest absolute Gasteiger partial charge is 0.135 e. The molecule has 0 atom stereocenters. The fraction of sp³-hybridized carbons (Fsp3) is 0. The summed E-state index contributed by atoms with van der Waals surface area (Å²) in [6.07, 6.45) is 0. The van der Waals surface area contributed by atoms with Crippen LogP contribution in [0.2, 0.25) is 0 Å². The van der Waals surface area contributed by atoms with Gasteiger partial charge < -0.3 is 13.9 Å². The number of fused-ring (bicyclic) bond motifs is 8. The van der Waals surface area contributed by atoms with Crippen LogP contribution < -0.4 is 4.74 Å². The molecular weight excluding hydrogens is 669 g/mol. The first-order valence-corrected chi connectivity index (χ1v) is 18.8. The molecule has 9 aromatic carbocycles. The van der Waals surface area contributed by atoms with Gasteiger partial charge in [-0.1, -0.05) is 109 Å². The van der Waals surface area contributed by atoms with Crippen LogP contribution in [0.5, 0.6) is 11.5 Å². The van der Waals surface area contributed by atoms with Crippen molar-refractivity contribution in [3.8, 4) is 56.3 Å². The molecule has 0 radical (unpaired) electrons. The highest BCUT2D eigenvalue weighted by Crippen LogP contribution is 2.48. The topological polar surface area (TPSA) is 19.1 Å². The van der Waals surface area contributed by atoms with Gasteiger partial charge in [-0.2, -0.15) is 0 Å². The second-order valence-corrected chi connectivity index (χ2v) is 14.5. The fourth-order valence-electron chi connectivity index (χ4n) is 8.99. The van der Waals surface area contributed by atoms with Crippen LogP contribution in [0.4, 0.5) is 0 Å². The van der Waals surface area contributed by atoms with Gasteiger partial charge in [0, 0.05) is 43.9 Å². The lowest BCUT2D eigenvalue weighted by Crippen LogP contribution is -1.97. The summed E-state index contributed by atoms with van der Waals surface area (Å²) in [5.74, 6) is 1.81. The van der Waals surface area contributed by atoms with Crippen LogP contribution in [-0.4, -0.2) is 9.13 Å². The van der Waals surface area contributed by atoms with Crippen molar-refractivity contribution in [1.82, 2.24) is 9.13 Å². The van der Waals surface area contributed by atoms with Crippen molar-refractivity contribution in [2.24, 2.45) is 0 Å². The van der Waals surface area contributed by atoms with Crippen molar-refractivity contribution in [3.63, 3.8) is 0 Å². The zero-order valence-electron chi connectivity index (χ0n) is 29.8. The summed E-state index contributed by atoms with van der Waals surface area (Å²) in [6.45, 7) is 0. The maximum Gasteiger partial charge on any atom is 0.135 e. The molecule has 0 aliphatic carbocycles. The molecule has 0 saturated heterocycles. The molecule has 0 bridgehead atoms. The Bertz CT molecular complexity index is 3330. The highest BCUT2D eigenvalue weighted by molar-refractivity contribution is 6.13. The van der Waals surface area contributed by atoms with Gasteiger partial charge in [-0.05, 0) is 118 Å². The first-order valence-electron chi connectivity index (χ1n) is 18.8. The van der Waals surface area contributed by atoms with Gasteiger partial charge in [0.05, 0.1) is 22.1 Å². The monoisotopic (exact) mass is 700 g/mol. The number of nitrogens with zero attached hydrogens (tertiary/aromatic N) is 2. The third kappa shape index (κ3) is 4.50. The van der Waals surface area contributed by atoms with Gasteiger partial charge in [-0.3, -0.25) is 0 Å². The third-order valence-corrected chi connectivity index (χ3v) is 11.5. The number of hydrogen-bond donors (Lipinski definition) is 0. The standard InChI is InChI=1S/C52H32N2O/c1-3-13-38(14-4-1)53-46-19-8-7-17-40(46)42-29-34(21-25-47(42)53)35-22-26-48-43(30-35)44-31-36(23-27-49(44)54(48)39-15-5-2-6-16-39)37-24-28-50-45(32-37)41-18-9-11-33-12-10-20-51(55-50)52(33)41/h1-32H. The Morgan fingerprint density at radius 3 is 1.42 bits per heavy atom. The van der Waals surface area contributed by atoms with E-state index < -0.39 is 0 Å². The summed E-state index contributed by atoms with van der Waals surface area (Å²) in [6, 6.07) is 70.3. The summed E-state index contributed by atoms with van der Waals surface area (Å²) in [5, 5.41) is 7.32. The van der Waals surface area contributed by atoms with E-state index in [1.165, 1.54) is 82.3 Å². The molecule has 0 spiro atoms. The van der Waals surface area contributed by atoms with E-state index in [9.17, 15) is 0 Å². The predicted octanol–water partition coefficient (Wildman–Crippen LogP) is 14.1. The molecule has 0 fully saturated rings. The molecule has 3 nitrogen and oxygen atoms in total. The van der Waals surface area contributed by atoms with Gasteiger partial charge in [-0.25, -0.2) is 0 Å².